The van der Waals surface area contributed by atoms with E-state index in [1.54, 1.807) is 0 Å². The number of rotatable bonds is 4. The van der Waals surface area contributed by atoms with E-state index in [1.807, 2.05) is 20.0 Å². The summed E-state index contributed by atoms with van der Waals surface area (Å²) in [5, 5.41) is 10.3. The largest absolute Gasteiger partial charge is 0.387 e. The molecule has 1 aromatic heterocycles. The highest BCUT2D eigenvalue weighted by Crippen LogP contribution is 2.30. The smallest absolute Gasteiger partial charge is 0.0962 e. The molecule has 2 nitrogen and oxygen atoms in total. The minimum Gasteiger partial charge on any atom is -0.387 e. The maximum absolute atomic E-state index is 10.3. The Morgan fingerprint density at radius 2 is 2.00 bits per heavy atom. The number of nitrogens with zero attached hydrogens (tertiary/aromatic N) is 1. The van der Waals surface area contributed by atoms with Crippen LogP contribution in [0, 0.1) is 19.8 Å². The van der Waals surface area contributed by atoms with E-state index < -0.39 is 0 Å². The highest BCUT2D eigenvalue weighted by atomic mass is 16.3. The van der Waals surface area contributed by atoms with Crippen LogP contribution in [0.5, 0.6) is 0 Å². The van der Waals surface area contributed by atoms with Gasteiger partial charge in [0.15, 0.2) is 0 Å². The van der Waals surface area contributed by atoms with Crippen LogP contribution in [0.3, 0.4) is 0 Å². The van der Waals surface area contributed by atoms with Gasteiger partial charge in [-0.2, -0.15) is 0 Å². The second kappa shape index (κ2) is 6.33. The second-order valence-electron chi connectivity index (χ2n) is 5.81. The van der Waals surface area contributed by atoms with Crippen molar-refractivity contribution in [1.29, 1.82) is 0 Å². The molecule has 0 bridgehead atoms. The normalized spacial score (nSPS) is 18.8. The Labute approximate surface area is 110 Å². The molecule has 2 rings (SSSR count). The van der Waals surface area contributed by atoms with Crippen molar-refractivity contribution in [3.05, 3.63) is 29.1 Å². The van der Waals surface area contributed by atoms with Crippen LogP contribution in [0.2, 0.25) is 0 Å². The van der Waals surface area contributed by atoms with Gasteiger partial charge >= 0.3 is 0 Å². The number of aromatic nitrogens is 1. The van der Waals surface area contributed by atoms with Crippen molar-refractivity contribution in [2.45, 2.75) is 64.9 Å². The van der Waals surface area contributed by atoms with Crippen molar-refractivity contribution in [2.24, 2.45) is 5.92 Å². The SMILES string of the molecule is Cc1cnc(C(O)CCC2CCCCC2)c(C)c1. The molecule has 0 aromatic carbocycles. The summed E-state index contributed by atoms with van der Waals surface area (Å²) < 4.78 is 0. The fraction of sp³-hybridized carbons (Fsp3) is 0.688. The van der Waals surface area contributed by atoms with E-state index in [2.05, 4.69) is 11.1 Å². The lowest BCUT2D eigenvalue weighted by Gasteiger charge is -2.22. The standard InChI is InChI=1S/C16H25NO/c1-12-10-13(2)16(17-11-12)15(18)9-8-14-6-4-3-5-7-14/h10-11,14-15,18H,3-9H2,1-2H3. The lowest BCUT2D eigenvalue weighted by molar-refractivity contribution is 0.146. The number of aliphatic hydroxyl groups excluding tert-OH is 1. The van der Waals surface area contributed by atoms with Gasteiger partial charge in [0.05, 0.1) is 11.8 Å². The predicted octanol–water partition coefficient (Wildman–Crippen LogP) is 4.09. The molecule has 1 heterocycles. The molecule has 0 spiro atoms. The maximum atomic E-state index is 10.3. The Hall–Kier alpha value is -0.890. The molecule has 1 saturated carbocycles. The fourth-order valence-corrected chi connectivity index (χ4v) is 3.08. The van der Waals surface area contributed by atoms with Crippen molar-refractivity contribution in [2.75, 3.05) is 0 Å². The van der Waals surface area contributed by atoms with Crippen LogP contribution in [0.4, 0.5) is 0 Å². The van der Waals surface area contributed by atoms with Crippen LogP contribution < -0.4 is 0 Å². The third kappa shape index (κ3) is 3.55. The van der Waals surface area contributed by atoms with Gasteiger partial charge in [-0.15, -0.1) is 0 Å². The molecule has 0 saturated heterocycles. The molecule has 2 heteroatoms. The van der Waals surface area contributed by atoms with Crippen molar-refractivity contribution in [3.63, 3.8) is 0 Å². The average molecular weight is 247 g/mol. The molecule has 0 amide bonds. The fourth-order valence-electron chi connectivity index (χ4n) is 3.08. The van der Waals surface area contributed by atoms with Gasteiger partial charge in [-0.1, -0.05) is 38.2 Å². The number of hydrogen-bond acceptors (Lipinski definition) is 2. The maximum Gasteiger partial charge on any atom is 0.0962 e. The summed E-state index contributed by atoms with van der Waals surface area (Å²) in [5.41, 5.74) is 3.15. The Kier molecular flexibility index (Phi) is 4.76. The predicted molar refractivity (Wildman–Crippen MR) is 74.5 cm³/mol. The quantitative estimate of drug-likeness (QED) is 0.869. The van der Waals surface area contributed by atoms with E-state index >= 15 is 0 Å². The molecule has 1 unspecified atom stereocenters. The third-order valence-electron chi connectivity index (χ3n) is 4.14. The summed E-state index contributed by atoms with van der Waals surface area (Å²) in [6.45, 7) is 4.08. The molecule has 1 aromatic rings. The van der Waals surface area contributed by atoms with Crippen LogP contribution in [-0.4, -0.2) is 10.1 Å². The summed E-state index contributed by atoms with van der Waals surface area (Å²) in [6.07, 6.45) is 10.3. The highest BCUT2D eigenvalue weighted by Gasteiger charge is 2.17. The Morgan fingerprint density at radius 3 is 2.67 bits per heavy atom. The molecule has 1 fully saturated rings. The van der Waals surface area contributed by atoms with Crippen LogP contribution in [0.15, 0.2) is 12.3 Å². The van der Waals surface area contributed by atoms with Gasteiger partial charge in [0.2, 0.25) is 0 Å². The van der Waals surface area contributed by atoms with Gasteiger partial charge in [0, 0.05) is 6.20 Å². The van der Waals surface area contributed by atoms with Crippen LogP contribution in [-0.2, 0) is 0 Å². The minimum absolute atomic E-state index is 0.382. The lowest BCUT2D eigenvalue weighted by atomic mass is 9.85. The molecule has 1 aliphatic rings. The van der Waals surface area contributed by atoms with Gasteiger partial charge in [0.25, 0.3) is 0 Å². The lowest BCUT2D eigenvalue weighted by Crippen LogP contribution is -2.10. The first-order valence-electron chi connectivity index (χ1n) is 7.28. The van der Waals surface area contributed by atoms with Gasteiger partial charge < -0.3 is 5.11 Å². The van der Waals surface area contributed by atoms with Gasteiger partial charge in [0.1, 0.15) is 0 Å². The van der Waals surface area contributed by atoms with E-state index in [9.17, 15) is 5.11 Å². The Morgan fingerprint density at radius 1 is 1.28 bits per heavy atom. The summed E-state index contributed by atoms with van der Waals surface area (Å²) in [6, 6.07) is 2.10. The van der Waals surface area contributed by atoms with Crippen molar-refractivity contribution >= 4 is 0 Å². The zero-order valence-electron chi connectivity index (χ0n) is 11.7. The molecule has 18 heavy (non-hydrogen) atoms. The summed E-state index contributed by atoms with van der Waals surface area (Å²) in [5.74, 6) is 0.833. The minimum atomic E-state index is -0.382. The molecule has 0 aliphatic heterocycles. The average Bonchev–Trinajstić information content (AvgIpc) is 2.37. The van der Waals surface area contributed by atoms with Crippen molar-refractivity contribution in [1.82, 2.24) is 4.98 Å². The van der Waals surface area contributed by atoms with Crippen LogP contribution in [0.25, 0.3) is 0 Å². The van der Waals surface area contributed by atoms with E-state index in [0.717, 1.165) is 35.6 Å². The molecular weight excluding hydrogens is 222 g/mol. The van der Waals surface area contributed by atoms with E-state index in [-0.39, 0.29) is 6.10 Å². The van der Waals surface area contributed by atoms with Crippen LogP contribution in [0.1, 0.15) is 67.9 Å². The first-order chi connectivity index (χ1) is 8.66. The first kappa shape index (κ1) is 13.5. The Balaban J connectivity index is 1.88. The highest BCUT2D eigenvalue weighted by molar-refractivity contribution is 5.24. The second-order valence-corrected chi connectivity index (χ2v) is 5.81. The molecule has 100 valence electrons. The van der Waals surface area contributed by atoms with Crippen LogP contribution >= 0.6 is 0 Å². The molecule has 1 atom stereocenters. The van der Waals surface area contributed by atoms with Crippen molar-refractivity contribution < 1.29 is 5.11 Å². The van der Waals surface area contributed by atoms with Crippen molar-refractivity contribution in [3.8, 4) is 0 Å². The number of aliphatic hydroxyl groups is 1. The zero-order valence-corrected chi connectivity index (χ0v) is 11.7. The topological polar surface area (TPSA) is 33.1 Å². The third-order valence-corrected chi connectivity index (χ3v) is 4.14. The number of pyridine rings is 1. The summed E-state index contributed by atoms with van der Waals surface area (Å²) in [4.78, 5) is 4.39. The molecular formula is C16H25NO. The summed E-state index contributed by atoms with van der Waals surface area (Å²) >= 11 is 0. The molecule has 0 radical (unpaired) electrons. The first-order valence-corrected chi connectivity index (χ1v) is 7.28. The Bertz CT molecular complexity index is 383. The van der Waals surface area contributed by atoms with Gasteiger partial charge in [-0.05, 0) is 43.7 Å². The van der Waals surface area contributed by atoms with Gasteiger partial charge in [-0.25, -0.2) is 0 Å². The van der Waals surface area contributed by atoms with E-state index in [0.29, 0.717) is 0 Å². The number of aryl methyl sites for hydroxylation is 2. The monoisotopic (exact) mass is 247 g/mol. The zero-order chi connectivity index (χ0) is 13.0. The van der Waals surface area contributed by atoms with E-state index in [4.69, 9.17) is 0 Å². The molecule has 1 aliphatic carbocycles. The molecule has 1 N–H and O–H groups in total. The van der Waals surface area contributed by atoms with E-state index in [1.165, 1.54) is 32.1 Å². The number of hydrogen-bond donors (Lipinski definition) is 1. The van der Waals surface area contributed by atoms with Gasteiger partial charge in [-0.3, -0.25) is 4.98 Å². The summed E-state index contributed by atoms with van der Waals surface area (Å²) in [7, 11) is 0.